The van der Waals surface area contributed by atoms with Crippen LogP contribution in [0.5, 0.6) is 5.75 Å². The van der Waals surface area contributed by atoms with Crippen LogP contribution in [-0.4, -0.2) is 28.0 Å². The number of hydrogen-bond acceptors (Lipinski definition) is 6. The summed E-state index contributed by atoms with van der Waals surface area (Å²) in [7, 11) is 1.63. The second-order valence-electron chi connectivity index (χ2n) is 8.91. The molecule has 6 nitrogen and oxygen atoms in total. The van der Waals surface area contributed by atoms with Crippen molar-refractivity contribution in [2.45, 2.75) is 13.5 Å². The summed E-state index contributed by atoms with van der Waals surface area (Å²) in [6, 6.07) is 29.2. The molecule has 0 N–H and O–H groups in total. The third-order valence-corrected chi connectivity index (χ3v) is 7.66. The second-order valence-corrected chi connectivity index (χ2v) is 9.89. The number of para-hydroxylation sites is 1. The molecule has 3 aromatic carbocycles. The molecule has 6 rings (SSSR count). The van der Waals surface area contributed by atoms with Crippen LogP contribution >= 0.6 is 11.3 Å². The predicted molar refractivity (Wildman–Crippen MR) is 153 cm³/mol. The fourth-order valence-corrected chi connectivity index (χ4v) is 5.56. The number of ether oxygens (including phenoxy) is 1. The van der Waals surface area contributed by atoms with E-state index in [0.29, 0.717) is 16.4 Å². The van der Waals surface area contributed by atoms with Crippen molar-refractivity contribution in [3.05, 3.63) is 114 Å². The quantitative estimate of drug-likeness (QED) is 0.237. The van der Waals surface area contributed by atoms with Crippen LogP contribution in [0, 0.1) is 6.92 Å². The molecular weight excluding hydrogens is 492 g/mol. The monoisotopic (exact) mass is 516 g/mol. The molecule has 0 saturated carbocycles. The van der Waals surface area contributed by atoms with Crippen LogP contribution < -0.4 is 9.64 Å². The number of carbonyl (C=O) groups excluding carboxylic acids is 1. The predicted octanol–water partition coefficient (Wildman–Crippen LogP) is 7.07. The third-order valence-electron chi connectivity index (χ3n) is 6.45. The fraction of sp³-hybridized carbons (Fsp3) is 0.0968. The number of aromatic nitrogens is 3. The van der Waals surface area contributed by atoms with Crippen molar-refractivity contribution in [1.29, 1.82) is 0 Å². The molecule has 0 unspecified atom stereocenters. The van der Waals surface area contributed by atoms with Crippen LogP contribution in [0.1, 0.15) is 21.6 Å². The third kappa shape index (κ3) is 4.37. The molecule has 38 heavy (non-hydrogen) atoms. The van der Waals surface area contributed by atoms with E-state index in [1.807, 2.05) is 97.9 Å². The maximum Gasteiger partial charge on any atom is 0.261 e. The molecule has 3 aromatic heterocycles. The number of benzene rings is 3. The maximum atomic E-state index is 14.5. The van der Waals surface area contributed by atoms with E-state index in [1.165, 1.54) is 11.3 Å². The largest absolute Gasteiger partial charge is 0.494 e. The zero-order valence-electron chi connectivity index (χ0n) is 21.0. The topological polar surface area (TPSA) is 68.2 Å². The lowest BCUT2D eigenvalue weighted by Crippen LogP contribution is -2.31. The molecule has 7 heteroatoms. The van der Waals surface area contributed by atoms with E-state index in [9.17, 15) is 4.79 Å². The lowest BCUT2D eigenvalue weighted by molar-refractivity contribution is 0.0986. The molecule has 186 valence electrons. The van der Waals surface area contributed by atoms with Crippen LogP contribution in [-0.2, 0) is 6.54 Å². The normalized spacial score (nSPS) is 11.1. The summed E-state index contributed by atoms with van der Waals surface area (Å²) < 4.78 is 6.57. The Morgan fingerprint density at radius 1 is 0.921 bits per heavy atom. The van der Waals surface area contributed by atoms with E-state index in [0.717, 1.165) is 43.6 Å². The Morgan fingerprint density at radius 2 is 1.71 bits per heavy atom. The molecule has 0 fully saturated rings. The number of thiazole rings is 1. The van der Waals surface area contributed by atoms with E-state index in [4.69, 9.17) is 14.7 Å². The fourth-order valence-electron chi connectivity index (χ4n) is 4.51. The number of rotatable bonds is 6. The van der Waals surface area contributed by atoms with Crippen LogP contribution in [0.2, 0.25) is 0 Å². The summed E-state index contributed by atoms with van der Waals surface area (Å²) in [6.07, 6.45) is 1.73. The zero-order chi connectivity index (χ0) is 26.1. The molecule has 1 amide bonds. The number of amides is 1. The Hall–Kier alpha value is -4.62. The Morgan fingerprint density at radius 3 is 2.50 bits per heavy atom. The van der Waals surface area contributed by atoms with Crippen molar-refractivity contribution in [3.63, 3.8) is 0 Å². The van der Waals surface area contributed by atoms with Crippen molar-refractivity contribution >= 4 is 43.5 Å². The first-order chi connectivity index (χ1) is 18.6. The van der Waals surface area contributed by atoms with Crippen LogP contribution in [0.3, 0.4) is 0 Å². The Labute approximate surface area is 224 Å². The summed E-state index contributed by atoms with van der Waals surface area (Å²) in [5, 5.41) is 1.38. The maximum absolute atomic E-state index is 14.5. The first-order valence-corrected chi connectivity index (χ1v) is 13.0. The molecule has 6 aromatic rings. The minimum Gasteiger partial charge on any atom is -0.494 e. The number of aryl methyl sites for hydroxylation is 1. The number of nitrogens with zero attached hydrogens (tertiary/aromatic N) is 4. The van der Waals surface area contributed by atoms with Gasteiger partial charge in [0.1, 0.15) is 11.3 Å². The highest BCUT2D eigenvalue weighted by molar-refractivity contribution is 7.22. The Bertz CT molecular complexity index is 1770. The average molecular weight is 517 g/mol. The standard InChI is InChI=1S/C31H24N4O2S/c1-20-15-16-27(37-2)28-29(20)38-31(34-28)35(19-22-12-8-9-17-32-22)30(36)24-18-26(21-10-4-3-5-11-21)33-25-14-7-6-13-23(24)25/h3-18H,19H2,1-2H3. The molecular formula is C31H24N4O2S. The summed E-state index contributed by atoms with van der Waals surface area (Å²) in [4.78, 5) is 30.4. The van der Waals surface area contributed by atoms with Gasteiger partial charge in [-0.25, -0.2) is 9.97 Å². The van der Waals surface area contributed by atoms with Gasteiger partial charge in [0, 0.05) is 17.1 Å². The molecule has 0 saturated heterocycles. The van der Waals surface area contributed by atoms with Crippen LogP contribution in [0.15, 0.2) is 97.2 Å². The van der Waals surface area contributed by atoms with Gasteiger partial charge in [0.15, 0.2) is 5.13 Å². The smallest absolute Gasteiger partial charge is 0.261 e. The second kappa shape index (κ2) is 10.0. The first-order valence-electron chi connectivity index (χ1n) is 12.2. The van der Waals surface area contributed by atoms with Crippen LogP contribution in [0.25, 0.3) is 32.4 Å². The molecule has 0 radical (unpaired) electrons. The highest BCUT2D eigenvalue weighted by Crippen LogP contribution is 2.38. The minimum absolute atomic E-state index is 0.165. The summed E-state index contributed by atoms with van der Waals surface area (Å²) in [6.45, 7) is 2.31. The summed E-state index contributed by atoms with van der Waals surface area (Å²) in [5.41, 5.74) is 5.61. The minimum atomic E-state index is -0.165. The number of pyridine rings is 2. The number of carbonyl (C=O) groups is 1. The van der Waals surface area contributed by atoms with Crippen molar-refractivity contribution in [2.24, 2.45) is 0 Å². The lowest BCUT2D eigenvalue weighted by Gasteiger charge is -2.21. The molecule has 0 spiro atoms. The van der Waals surface area contributed by atoms with E-state index < -0.39 is 0 Å². The van der Waals surface area contributed by atoms with E-state index in [2.05, 4.69) is 4.98 Å². The van der Waals surface area contributed by atoms with Gasteiger partial charge in [-0.05, 0) is 42.8 Å². The van der Waals surface area contributed by atoms with Gasteiger partial charge in [-0.1, -0.05) is 72.0 Å². The Balaban J connectivity index is 1.54. The summed E-state index contributed by atoms with van der Waals surface area (Å²) in [5.74, 6) is 0.515. The van der Waals surface area contributed by atoms with Crippen molar-refractivity contribution in [3.8, 4) is 17.0 Å². The van der Waals surface area contributed by atoms with E-state index in [1.54, 1.807) is 18.2 Å². The van der Waals surface area contributed by atoms with Gasteiger partial charge in [0.2, 0.25) is 0 Å². The average Bonchev–Trinajstić information content (AvgIpc) is 3.42. The highest BCUT2D eigenvalue weighted by Gasteiger charge is 2.26. The molecule has 0 aliphatic rings. The van der Waals surface area contributed by atoms with E-state index >= 15 is 0 Å². The number of anilines is 1. The molecule has 0 atom stereocenters. The summed E-state index contributed by atoms with van der Waals surface area (Å²) >= 11 is 1.48. The SMILES string of the molecule is COc1ccc(C)c2sc(N(Cc3ccccn3)C(=O)c3cc(-c4ccccc4)nc4ccccc34)nc12. The van der Waals surface area contributed by atoms with Crippen LogP contribution in [0.4, 0.5) is 5.13 Å². The molecule has 0 bridgehead atoms. The number of fused-ring (bicyclic) bond motifs is 2. The highest BCUT2D eigenvalue weighted by atomic mass is 32.1. The van der Waals surface area contributed by atoms with Gasteiger partial charge >= 0.3 is 0 Å². The van der Waals surface area contributed by atoms with Gasteiger partial charge in [-0.2, -0.15) is 0 Å². The van der Waals surface area contributed by atoms with Gasteiger partial charge in [0.25, 0.3) is 5.91 Å². The van der Waals surface area contributed by atoms with E-state index in [-0.39, 0.29) is 12.5 Å². The van der Waals surface area contributed by atoms with Gasteiger partial charge in [0.05, 0.1) is 40.8 Å². The molecule has 0 aliphatic carbocycles. The Kier molecular flexibility index (Phi) is 6.27. The first kappa shape index (κ1) is 23.8. The van der Waals surface area contributed by atoms with Crippen molar-refractivity contribution < 1.29 is 9.53 Å². The lowest BCUT2D eigenvalue weighted by atomic mass is 10.0. The number of hydrogen-bond donors (Lipinski definition) is 0. The van der Waals surface area contributed by atoms with Crippen molar-refractivity contribution in [2.75, 3.05) is 12.0 Å². The number of methoxy groups -OCH3 is 1. The van der Waals surface area contributed by atoms with Gasteiger partial charge in [-0.3, -0.25) is 14.7 Å². The van der Waals surface area contributed by atoms with Gasteiger partial charge in [-0.15, -0.1) is 0 Å². The zero-order valence-corrected chi connectivity index (χ0v) is 21.8. The molecule has 3 heterocycles. The molecule has 0 aliphatic heterocycles. The van der Waals surface area contributed by atoms with Gasteiger partial charge < -0.3 is 4.74 Å². The van der Waals surface area contributed by atoms with Crippen molar-refractivity contribution in [1.82, 2.24) is 15.0 Å².